The van der Waals surface area contributed by atoms with Gasteiger partial charge in [-0.05, 0) is 30.7 Å². The van der Waals surface area contributed by atoms with Gasteiger partial charge < -0.3 is 5.32 Å². The van der Waals surface area contributed by atoms with Crippen molar-refractivity contribution in [2.24, 2.45) is 0 Å². The first-order chi connectivity index (χ1) is 15.0. The van der Waals surface area contributed by atoms with E-state index in [-0.39, 0.29) is 11.6 Å². The van der Waals surface area contributed by atoms with Gasteiger partial charge >= 0.3 is 5.69 Å². The van der Waals surface area contributed by atoms with Crippen molar-refractivity contribution in [3.05, 3.63) is 88.4 Å². The molecule has 2 heterocycles. The van der Waals surface area contributed by atoms with Gasteiger partial charge in [-0.1, -0.05) is 36.4 Å². The number of aromatic nitrogens is 3. The normalized spacial score (nSPS) is 10.5. The van der Waals surface area contributed by atoms with E-state index >= 15 is 0 Å². The predicted octanol–water partition coefficient (Wildman–Crippen LogP) is 3.74. The second-order valence-corrected chi connectivity index (χ2v) is 6.58. The van der Waals surface area contributed by atoms with Crippen LogP contribution in [0.25, 0.3) is 10.9 Å². The minimum absolute atomic E-state index is 0.0363. The molecule has 0 aliphatic heterocycles. The van der Waals surface area contributed by atoms with Gasteiger partial charge in [0, 0.05) is 17.1 Å². The van der Waals surface area contributed by atoms with E-state index in [1.54, 1.807) is 49.5 Å². The van der Waals surface area contributed by atoms with Crippen molar-refractivity contribution in [2.75, 3.05) is 10.7 Å². The molecule has 0 aliphatic carbocycles. The summed E-state index contributed by atoms with van der Waals surface area (Å²) < 4.78 is 0. The molecule has 2 aromatic carbocycles. The Hall–Kier alpha value is -4.60. The molecule has 0 saturated carbocycles. The molecule has 4 rings (SSSR count). The van der Waals surface area contributed by atoms with E-state index in [1.165, 1.54) is 0 Å². The van der Waals surface area contributed by atoms with Gasteiger partial charge in [0.1, 0.15) is 6.33 Å². The van der Waals surface area contributed by atoms with Crippen LogP contribution >= 0.6 is 0 Å². The minimum Gasteiger partial charge on any atom is -0.332 e. The van der Waals surface area contributed by atoms with Crippen LogP contribution in [0.5, 0.6) is 0 Å². The molecular weight excluding hydrogens is 398 g/mol. The fourth-order valence-electron chi connectivity index (χ4n) is 3.08. The monoisotopic (exact) mass is 415 g/mol. The molecule has 154 valence electrons. The lowest BCUT2D eigenvalue weighted by Gasteiger charge is -2.12. The van der Waals surface area contributed by atoms with Crippen molar-refractivity contribution in [1.29, 1.82) is 0 Å². The maximum Gasteiger partial charge on any atom is 0.355 e. The van der Waals surface area contributed by atoms with Crippen LogP contribution in [0.1, 0.15) is 15.9 Å². The number of pyridine rings is 1. The van der Waals surface area contributed by atoms with Crippen molar-refractivity contribution in [2.45, 2.75) is 6.92 Å². The second kappa shape index (κ2) is 8.41. The summed E-state index contributed by atoms with van der Waals surface area (Å²) in [6.45, 7) is 1.79. The zero-order valence-electron chi connectivity index (χ0n) is 16.4. The first-order valence-corrected chi connectivity index (χ1v) is 9.27. The highest BCUT2D eigenvalue weighted by atomic mass is 16.6. The number of nitrogens with one attached hydrogen (secondary N) is 3. The molecule has 0 fully saturated rings. The van der Waals surface area contributed by atoms with Gasteiger partial charge in [-0.15, -0.1) is 0 Å². The zero-order chi connectivity index (χ0) is 21.8. The van der Waals surface area contributed by atoms with Crippen molar-refractivity contribution in [3.8, 4) is 0 Å². The number of rotatable bonds is 6. The van der Waals surface area contributed by atoms with Crippen LogP contribution in [0.2, 0.25) is 0 Å². The minimum atomic E-state index is -0.622. The Morgan fingerprint density at radius 2 is 1.74 bits per heavy atom. The van der Waals surface area contributed by atoms with E-state index in [4.69, 9.17) is 0 Å². The zero-order valence-corrected chi connectivity index (χ0v) is 16.4. The van der Waals surface area contributed by atoms with Gasteiger partial charge in [0.05, 0.1) is 16.1 Å². The van der Waals surface area contributed by atoms with Crippen molar-refractivity contribution >= 4 is 39.8 Å². The second-order valence-electron chi connectivity index (χ2n) is 6.58. The van der Waals surface area contributed by atoms with Gasteiger partial charge in [0.2, 0.25) is 11.6 Å². The van der Waals surface area contributed by atoms with Crippen molar-refractivity contribution in [1.82, 2.24) is 20.4 Å². The molecule has 0 unspecified atom stereocenters. The predicted molar refractivity (Wildman–Crippen MR) is 116 cm³/mol. The number of hydrogen-bond acceptors (Lipinski definition) is 8. The largest absolute Gasteiger partial charge is 0.355 e. The molecule has 0 spiro atoms. The molecule has 10 heteroatoms. The molecule has 0 atom stereocenters. The van der Waals surface area contributed by atoms with E-state index < -0.39 is 16.5 Å². The number of benzene rings is 2. The average Bonchev–Trinajstić information content (AvgIpc) is 2.78. The first kappa shape index (κ1) is 19.7. The topological polar surface area (TPSA) is 135 Å². The van der Waals surface area contributed by atoms with Crippen LogP contribution in [-0.2, 0) is 0 Å². The van der Waals surface area contributed by atoms with Gasteiger partial charge in [0.15, 0.2) is 0 Å². The number of carbonyl (C=O) groups is 1. The number of hydrogen-bond donors (Lipinski definition) is 3. The van der Waals surface area contributed by atoms with E-state index in [9.17, 15) is 14.9 Å². The summed E-state index contributed by atoms with van der Waals surface area (Å²) in [5.41, 5.74) is 6.96. The third kappa shape index (κ3) is 4.08. The number of hydrazine groups is 1. The fourth-order valence-corrected chi connectivity index (χ4v) is 3.08. The Morgan fingerprint density at radius 1 is 0.968 bits per heavy atom. The number of fused-ring (bicyclic) bond motifs is 1. The fraction of sp³-hybridized carbons (Fsp3) is 0.0476. The molecular formula is C21H17N7O3. The van der Waals surface area contributed by atoms with E-state index in [0.29, 0.717) is 16.8 Å². The summed E-state index contributed by atoms with van der Waals surface area (Å²) in [6.07, 6.45) is 2.80. The van der Waals surface area contributed by atoms with Gasteiger partial charge in [-0.2, -0.15) is 0 Å². The number of carbonyl (C=O) groups excluding carboxylic acids is 1. The molecule has 2 aromatic heterocycles. The Balaban J connectivity index is 1.63. The molecule has 0 bridgehead atoms. The number of para-hydroxylation sites is 1. The molecule has 3 N–H and O–H groups in total. The van der Waals surface area contributed by atoms with Crippen LogP contribution < -0.4 is 16.2 Å². The molecule has 0 saturated heterocycles. The lowest BCUT2D eigenvalue weighted by Crippen LogP contribution is -2.30. The summed E-state index contributed by atoms with van der Waals surface area (Å²) in [4.78, 5) is 35.9. The molecule has 1 amide bonds. The Kier molecular flexibility index (Phi) is 5.35. The van der Waals surface area contributed by atoms with E-state index in [1.807, 2.05) is 18.2 Å². The maximum atomic E-state index is 12.4. The highest BCUT2D eigenvalue weighted by Crippen LogP contribution is 2.32. The quantitative estimate of drug-likeness (QED) is 0.320. The number of aryl methyl sites for hydroxylation is 1. The Labute approximate surface area is 176 Å². The summed E-state index contributed by atoms with van der Waals surface area (Å²) in [5, 5.41) is 15.6. The van der Waals surface area contributed by atoms with Crippen LogP contribution in [0.3, 0.4) is 0 Å². The maximum absolute atomic E-state index is 12.4. The lowest BCUT2D eigenvalue weighted by molar-refractivity contribution is -0.383. The van der Waals surface area contributed by atoms with Crippen molar-refractivity contribution < 1.29 is 9.72 Å². The number of nitrogens with zero attached hydrogens (tertiary/aromatic N) is 4. The van der Waals surface area contributed by atoms with Gasteiger partial charge in [-0.25, -0.2) is 9.97 Å². The first-order valence-electron chi connectivity index (χ1n) is 9.27. The van der Waals surface area contributed by atoms with E-state index in [0.717, 1.165) is 17.3 Å². The standard InChI is InChI=1S/C21H17N7O3/c1-13-6-2-3-9-15(13)21(29)27-26-20-18(28(30)31)19(23-12-24-20)25-16-10-4-7-14-8-5-11-22-17(14)16/h2-12H,1H3,(H,27,29)(H2,23,24,25,26). The average molecular weight is 415 g/mol. The summed E-state index contributed by atoms with van der Waals surface area (Å²) in [7, 11) is 0. The third-order valence-electron chi connectivity index (χ3n) is 4.57. The summed E-state index contributed by atoms with van der Waals surface area (Å²) in [6, 6.07) is 16.1. The van der Waals surface area contributed by atoms with Crippen LogP contribution in [0.4, 0.5) is 23.0 Å². The highest BCUT2D eigenvalue weighted by molar-refractivity contribution is 5.96. The number of anilines is 3. The molecule has 10 nitrogen and oxygen atoms in total. The number of nitro groups is 1. The molecule has 4 aromatic rings. The molecule has 31 heavy (non-hydrogen) atoms. The van der Waals surface area contributed by atoms with Crippen LogP contribution in [0.15, 0.2) is 67.1 Å². The van der Waals surface area contributed by atoms with Crippen molar-refractivity contribution in [3.63, 3.8) is 0 Å². The van der Waals surface area contributed by atoms with Gasteiger partial charge in [0.25, 0.3) is 5.91 Å². The van der Waals surface area contributed by atoms with Crippen LogP contribution in [-0.4, -0.2) is 25.8 Å². The van der Waals surface area contributed by atoms with Gasteiger partial charge in [-0.3, -0.25) is 30.7 Å². The number of amides is 1. The Morgan fingerprint density at radius 3 is 2.55 bits per heavy atom. The Bertz CT molecular complexity index is 1290. The smallest absolute Gasteiger partial charge is 0.332 e. The third-order valence-corrected chi connectivity index (χ3v) is 4.57. The lowest BCUT2D eigenvalue weighted by atomic mass is 10.1. The molecule has 0 aliphatic rings. The summed E-state index contributed by atoms with van der Waals surface area (Å²) in [5.74, 6) is -0.637. The summed E-state index contributed by atoms with van der Waals surface area (Å²) >= 11 is 0. The highest BCUT2D eigenvalue weighted by Gasteiger charge is 2.24. The van der Waals surface area contributed by atoms with E-state index in [2.05, 4.69) is 31.1 Å². The van der Waals surface area contributed by atoms with Crippen LogP contribution in [0, 0.1) is 17.0 Å². The SMILES string of the molecule is Cc1ccccc1C(=O)NNc1ncnc(Nc2cccc3cccnc23)c1[N+](=O)[O-]. The molecule has 0 radical (unpaired) electrons.